The third-order valence-corrected chi connectivity index (χ3v) is 14.5. The maximum Gasteiger partial charge on any atom is 0.408 e. The number of hydrogen-bond donors (Lipinski definition) is 3. The van der Waals surface area contributed by atoms with E-state index in [2.05, 4.69) is 54.6 Å². The third kappa shape index (κ3) is 8.60. The zero-order chi connectivity index (χ0) is 37.1. The Labute approximate surface area is 303 Å². The molecule has 1 fully saturated rings. The fourth-order valence-corrected chi connectivity index (χ4v) is 7.42. The molecule has 1 saturated carbocycles. The fourth-order valence-electron chi connectivity index (χ4n) is 6.33. The second-order valence-electron chi connectivity index (χ2n) is 16.2. The van der Waals surface area contributed by atoms with Gasteiger partial charge in [-0.05, 0) is 74.4 Å². The predicted octanol–water partition coefficient (Wildman–Crippen LogP) is 7.72. The summed E-state index contributed by atoms with van der Waals surface area (Å²) in [6.45, 7) is 17.1. The first-order chi connectivity index (χ1) is 23.9. The number of aromatic nitrogens is 2. The van der Waals surface area contributed by atoms with Gasteiger partial charge in [-0.15, -0.1) is 0 Å². The minimum atomic E-state index is -1.96. The smallest absolute Gasteiger partial charge is 0.408 e. The molecule has 5 rings (SSSR count). The van der Waals surface area contributed by atoms with Crippen molar-refractivity contribution in [3.8, 4) is 0 Å². The Balaban J connectivity index is 1.37. The van der Waals surface area contributed by atoms with E-state index in [1.165, 1.54) is 0 Å². The van der Waals surface area contributed by atoms with Crippen LogP contribution in [-0.4, -0.2) is 42.7 Å². The molecule has 4 N–H and O–H groups in total. The van der Waals surface area contributed by atoms with Gasteiger partial charge in [-0.3, -0.25) is 4.79 Å². The lowest BCUT2D eigenvalue weighted by Gasteiger charge is -2.47. The third-order valence-electron chi connectivity index (χ3n) is 10.0. The van der Waals surface area contributed by atoms with Crippen LogP contribution in [-0.2, 0) is 25.0 Å². The van der Waals surface area contributed by atoms with E-state index in [9.17, 15) is 9.59 Å². The van der Waals surface area contributed by atoms with Gasteiger partial charge in [-0.25, -0.2) is 4.79 Å². The molecule has 0 bridgehead atoms. The Morgan fingerprint density at radius 1 is 0.882 bits per heavy atom. The Hall–Kier alpha value is -4.32. The number of amides is 2. The van der Waals surface area contributed by atoms with E-state index in [-0.39, 0.29) is 29.2 Å². The van der Waals surface area contributed by atoms with E-state index in [0.29, 0.717) is 25.3 Å². The zero-order valence-electron chi connectivity index (χ0n) is 31.2. The van der Waals surface area contributed by atoms with Gasteiger partial charge in [0.2, 0.25) is 11.8 Å². The van der Waals surface area contributed by atoms with Crippen molar-refractivity contribution in [1.29, 1.82) is 0 Å². The lowest BCUT2D eigenvalue weighted by atomic mass is 9.68. The molecule has 1 aliphatic rings. The standard InChI is InChI=1S/C40H53N5O5Si/c1-37(2,3)49-36(47)44-39(25-28(26-39)27-48-51(7,8)38(4,5)6)35-42-34(50-45-35)32(41)24-33(46)43-40(29-18-12-9-13-19-29,30-20-14-10-15-21-30)31-22-16-11-17-23-31/h9-23,28,32H,24-27,41H2,1-8H3,(H,43,46)(H,44,47)/t28?,32-,39?/m0/s1. The second kappa shape index (κ2) is 14.7. The molecule has 0 unspecified atom stereocenters. The van der Waals surface area contributed by atoms with Gasteiger partial charge in [0.25, 0.3) is 0 Å². The average Bonchev–Trinajstić information content (AvgIpc) is 3.56. The zero-order valence-corrected chi connectivity index (χ0v) is 32.2. The van der Waals surface area contributed by atoms with Gasteiger partial charge < -0.3 is 30.1 Å². The first-order valence-electron chi connectivity index (χ1n) is 17.7. The average molecular weight is 712 g/mol. The monoisotopic (exact) mass is 711 g/mol. The summed E-state index contributed by atoms with van der Waals surface area (Å²) in [7, 11) is -1.96. The van der Waals surface area contributed by atoms with Crippen LogP contribution in [0, 0.1) is 5.92 Å². The Morgan fingerprint density at radius 3 is 1.82 bits per heavy atom. The van der Waals surface area contributed by atoms with Gasteiger partial charge in [0.15, 0.2) is 14.1 Å². The number of nitrogens with zero attached hydrogens (tertiary/aromatic N) is 2. The van der Waals surface area contributed by atoms with Crippen LogP contribution in [0.3, 0.4) is 0 Å². The quantitative estimate of drug-likeness (QED) is 0.100. The van der Waals surface area contributed by atoms with Crippen molar-refractivity contribution in [3.63, 3.8) is 0 Å². The lowest BCUT2D eigenvalue weighted by molar-refractivity contribution is -0.122. The maximum absolute atomic E-state index is 14.0. The summed E-state index contributed by atoms with van der Waals surface area (Å²) in [4.78, 5) is 31.7. The number of alkyl carbamates (subject to hydrolysis) is 1. The normalized spacial score (nSPS) is 18.7. The molecule has 11 heteroatoms. The van der Waals surface area contributed by atoms with E-state index in [1.807, 2.05) is 112 Å². The van der Waals surface area contributed by atoms with Crippen molar-refractivity contribution in [1.82, 2.24) is 20.8 Å². The highest BCUT2D eigenvalue weighted by atomic mass is 28.4. The molecular weight excluding hydrogens is 659 g/mol. The lowest BCUT2D eigenvalue weighted by Crippen LogP contribution is -2.57. The molecule has 1 aromatic heterocycles. The predicted molar refractivity (Wildman–Crippen MR) is 200 cm³/mol. The summed E-state index contributed by atoms with van der Waals surface area (Å²) in [5.41, 5.74) is 6.71. The number of hydrogen-bond acceptors (Lipinski definition) is 8. The van der Waals surface area contributed by atoms with Crippen LogP contribution in [0.5, 0.6) is 0 Å². The molecule has 1 atom stereocenters. The molecule has 0 radical (unpaired) electrons. The van der Waals surface area contributed by atoms with Gasteiger partial charge in [-0.1, -0.05) is 117 Å². The minimum Gasteiger partial charge on any atom is -0.444 e. The van der Waals surface area contributed by atoms with Gasteiger partial charge in [0.05, 0.1) is 12.5 Å². The number of nitrogens with two attached hydrogens (primary N) is 1. The summed E-state index contributed by atoms with van der Waals surface area (Å²) in [6.07, 6.45) is 0.401. The van der Waals surface area contributed by atoms with E-state index < -0.39 is 37.1 Å². The van der Waals surface area contributed by atoms with E-state index in [1.54, 1.807) is 0 Å². The highest BCUT2D eigenvalue weighted by Gasteiger charge is 2.52. The molecule has 10 nitrogen and oxygen atoms in total. The van der Waals surface area contributed by atoms with Crippen LogP contribution in [0.25, 0.3) is 0 Å². The number of nitrogens with one attached hydrogen (secondary N) is 2. The van der Waals surface area contributed by atoms with Crippen LogP contribution in [0.4, 0.5) is 4.79 Å². The van der Waals surface area contributed by atoms with Crippen LogP contribution >= 0.6 is 0 Å². The van der Waals surface area contributed by atoms with Crippen molar-refractivity contribution in [3.05, 3.63) is 119 Å². The topological polar surface area (TPSA) is 142 Å². The van der Waals surface area contributed by atoms with Crippen molar-refractivity contribution < 1.29 is 23.3 Å². The summed E-state index contributed by atoms with van der Waals surface area (Å²) < 4.78 is 17.8. The Morgan fingerprint density at radius 2 is 1.37 bits per heavy atom. The fraction of sp³-hybridized carbons (Fsp3) is 0.450. The summed E-state index contributed by atoms with van der Waals surface area (Å²) >= 11 is 0. The number of carbonyl (C=O) groups is 2. The second-order valence-corrected chi connectivity index (χ2v) is 21.0. The molecule has 2 amide bonds. The number of benzene rings is 3. The van der Waals surface area contributed by atoms with Crippen LogP contribution < -0.4 is 16.4 Å². The van der Waals surface area contributed by atoms with E-state index >= 15 is 0 Å². The largest absolute Gasteiger partial charge is 0.444 e. The number of rotatable bonds is 12. The van der Waals surface area contributed by atoms with Gasteiger partial charge in [-0.2, -0.15) is 4.98 Å². The molecule has 272 valence electrons. The molecule has 1 heterocycles. The molecule has 0 spiro atoms. The summed E-state index contributed by atoms with van der Waals surface area (Å²) in [6, 6.07) is 28.7. The highest BCUT2D eigenvalue weighted by molar-refractivity contribution is 6.74. The molecule has 51 heavy (non-hydrogen) atoms. The van der Waals surface area contributed by atoms with Crippen LogP contribution in [0.1, 0.15) is 95.3 Å². The van der Waals surface area contributed by atoms with Gasteiger partial charge in [0.1, 0.15) is 16.7 Å². The molecule has 4 aromatic rings. The Kier molecular flexibility index (Phi) is 11.0. The van der Waals surface area contributed by atoms with Crippen molar-refractivity contribution in [2.75, 3.05) is 6.61 Å². The van der Waals surface area contributed by atoms with E-state index in [0.717, 1.165) is 16.7 Å². The van der Waals surface area contributed by atoms with Gasteiger partial charge in [0, 0.05) is 6.61 Å². The minimum absolute atomic E-state index is 0.0799. The maximum atomic E-state index is 14.0. The van der Waals surface area contributed by atoms with Crippen molar-refractivity contribution in [2.45, 2.75) is 102 Å². The SMILES string of the molecule is CC(C)(C)OC(=O)NC1(c2noc([C@@H](N)CC(=O)NC(c3ccccc3)(c3ccccc3)c3ccccc3)n2)CC(CO[Si](C)(C)C(C)(C)C)C1. The Bertz CT molecular complexity index is 1660. The molecule has 0 aliphatic heterocycles. The van der Waals surface area contributed by atoms with E-state index in [4.69, 9.17) is 19.4 Å². The van der Waals surface area contributed by atoms with Crippen LogP contribution in [0.2, 0.25) is 18.1 Å². The first-order valence-corrected chi connectivity index (χ1v) is 20.6. The van der Waals surface area contributed by atoms with Crippen molar-refractivity contribution in [2.24, 2.45) is 11.7 Å². The summed E-state index contributed by atoms with van der Waals surface area (Å²) in [5.74, 6) is 0.288. The molecular formula is C40H53N5O5Si. The number of ether oxygens (including phenoxy) is 1. The molecule has 1 aliphatic carbocycles. The number of carbonyl (C=O) groups excluding carboxylic acids is 2. The van der Waals surface area contributed by atoms with Crippen LogP contribution in [0.15, 0.2) is 95.5 Å². The molecule has 3 aromatic carbocycles. The first kappa shape index (κ1) is 37.9. The highest BCUT2D eigenvalue weighted by Crippen LogP contribution is 2.47. The summed E-state index contributed by atoms with van der Waals surface area (Å²) in [5, 5.41) is 10.7. The van der Waals surface area contributed by atoms with Crippen molar-refractivity contribution >= 4 is 20.3 Å². The van der Waals surface area contributed by atoms with Gasteiger partial charge >= 0.3 is 6.09 Å². The molecule has 0 saturated heterocycles.